The smallest absolute Gasteiger partial charge is 0.236 e. The zero-order valence-electron chi connectivity index (χ0n) is 27.1. The largest absolute Gasteiger partial charge is 0.276 e. The topological polar surface area (TPSA) is 30.7 Å². The first-order valence-corrected chi connectivity index (χ1v) is 18.8. The van der Waals surface area contributed by atoms with Gasteiger partial charge in [-0.05, 0) is 39.1 Å². The van der Waals surface area contributed by atoms with Gasteiger partial charge in [-0.2, -0.15) is 0 Å². The minimum absolute atomic E-state index is 0.697. The van der Waals surface area contributed by atoms with Gasteiger partial charge in [0.2, 0.25) is 5.95 Å². The number of rotatable bonds is 2. The highest BCUT2D eigenvalue weighted by molar-refractivity contribution is 7.27. The Morgan fingerprint density at radius 1 is 0.392 bits per heavy atom. The van der Waals surface area contributed by atoms with E-state index in [1.165, 1.54) is 78.9 Å². The molecule has 4 heterocycles. The number of hydrogen-bond acceptors (Lipinski definition) is 4. The van der Waals surface area contributed by atoms with Crippen molar-refractivity contribution in [2.24, 2.45) is 0 Å². The van der Waals surface area contributed by atoms with Gasteiger partial charge < -0.3 is 0 Å². The van der Waals surface area contributed by atoms with E-state index >= 15 is 0 Å². The van der Waals surface area contributed by atoms with E-state index in [1.54, 1.807) is 11.3 Å². The summed E-state index contributed by atoms with van der Waals surface area (Å²) >= 11 is 3.62. The standard InChI is InChI=1S/C46H25N3S2/c1-3-15-28-26(12-1)14-11-21-32(28)41-40-34-20-8-10-23-37(34)51-45(40)48-46(47-41)49-42-29-16-4-2-13-27(29)24-25-35(42)38-30-17-5-6-18-31(30)39-33-19-7-9-22-36(33)50-44(39)43(38)49/h1-25H. The highest BCUT2D eigenvalue weighted by Crippen LogP contribution is 2.49. The molecular formula is C46H25N3S2. The molecule has 0 aliphatic carbocycles. The van der Waals surface area contributed by atoms with Gasteiger partial charge in [0, 0.05) is 52.7 Å². The molecule has 0 atom stereocenters. The summed E-state index contributed by atoms with van der Waals surface area (Å²) in [7, 11) is 0. The molecule has 5 heteroatoms. The molecule has 8 aromatic carbocycles. The van der Waals surface area contributed by atoms with E-state index < -0.39 is 0 Å². The Hall–Kier alpha value is -6.14. The summed E-state index contributed by atoms with van der Waals surface area (Å²) in [5.41, 5.74) is 4.39. The molecule has 0 fully saturated rings. The number of hydrogen-bond donors (Lipinski definition) is 0. The molecule has 0 saturated heterocycles. The molecule has 0 aliphatic heterocycles. The van der Waals surface area contributed by atoms with Crippen LogP contribution in [-0.4, -0.2) is 14.5 Å². The third-order valence-corrected chi connectivity index (χ3v) is 12.8. The van der Waals surface area contributed by atoms with E-state index in [-0.39, 0.29) is 0 Å². The van der Waals surface area contributed by atoms with Crippen LogP contribution in [0.3, 0.4) is 0 Å². The first kappa shape index (κ1) is 27.7. The second-order valence-corrected chi connectivity index (χ2v) is 15.3. The Morgan fingerprint density at radius 3 is 1.76 bits per heavy atom. The number of aromatic nitrogens is 3. The Morgan fingerprint density at radius 2 is 0.980 bits per heavy atom. The molecule has 4 aromatic heterocycles. The first-order valence-electron chi connectivity index (χ1n) is 17.2. The molecule has 51 heavy (non-hydrogen) atoms. The van der Waals surface area contributed by atoms with Crippen LogP contribution in [0.25, 0.3) is 112 Å². The van der Waals surface area contributed by atoms with E-state index in [1.807, 2.05) is 11.3 Å². The highest BCUT2D eigenvalue weighted by atomic mass is 32.1. The molecule has 236 valence electrons. The van der Waals surface area contributed by atoms with Crippen LogP contribution in [0, 0.1) is 0 Å². The quantitative estimate of drug-likeness (QED) is 0.182. The van der Waals surface area contributed by atoms with Crippen LogP contribution in [0.5, 0.6) is 0 Å². The predicted molar refractivity (Wildman–Crippen MR) is 220 cm³/mol. The summed E-state index contributed by atoms with van der Waals surface area (Å²) in [5.74, 6) is 0.697. The van der Waals surface area contributed by atoms with Gasteiger partial charge in [0.15, 0.2) is 0 Å². The van der Waals surface area contributed by atoms with Gasteiger partial charge in [0.05, 0.1) is 21.4 Å². The van der Waals surface area contributed by atoms with Crippen molar-refractivity contribution in [3.05, 3.63) is 152 Å². The van der Waals surface area contributed by atoms with Crippen molar-refractivity contribution in [1.29, 1.82) is 0 Å². The van der Waals surface area contributed by atoms with Crippen LogP contribution < -0.4 is 0 Å². The van der Waals surface area contributed by atoms with E-state index in [4.69, 9.17) is 9.97 Å². The summed E-state index contributed by atoms with van der Waals surface area (Å²) in [6, 6.07) is 54.9. The molecule has 12 aromatic rings. The molecule has 0 radical (unpaired) electrons. The Bertz CT molecular complexity index is 3430. The zero-order valence-corrected chi connectivity index (χ0v) is 28.7. The number of thiophene rings is 2. The van der Waals surface area contributed by atoms with Crippen molar-refractivity contribution in [2.75, 3.05) is 0 Å². The monoisotopic (exact) mass is 683 g/mol. The Labute approximate surface area is 299 Å². The van der Waals surface area contributed by atoms with Crippen molar-refractivity contribution < 1.29 is 0 Å². The van der Waals surface area contributed by atoms with Crippen LogP contribution in [0.1, 0.15) is 0 Å². The van der Waals surface area contributed by atoms with Gasteiger partial charge in [-0.15, -0.1) is 22.7 Å². The summed E-state index contributed by atoms with van der Waals surface area (Å²) in [5, 5.41) is 14.6. The maximum absolute atomic E-state index is 5.70. The molecule has 12 rings (SSSR count). The van der Waals surface area contributed by atoms with Crippen LogP contribution in [0.2, 0.25) is 0 Å². The molecule has 0 bridgehead atoms. The van der Waals surface area contributed by atoms with Gasteiger partial charge in [0.25, 0.3) is 0 Å². The van der Waals surface area contributed by atoms with E-state index in [0.29, 0.717) is 5.95 Å². The van der Waals surface area contributed by atoms with Crippen molar-refractivity contribution >= 4 is 117 Å². The highest BCUT2D eigenvalue weighted by Gasteiger charge is 2.26. The minimum atomic E-state index is 0.697. The fourth-order valence-electron chi connectivity index (χ4n) is 8.47. The second kappa shape index (κ2) is 10.2. The fraction of sp³-hybridized carbons (Fsp3) is 0. The predicted octanol–water partition coefficient (Wildman–Crippen LogP) is 13.4. The lowest BCUT2D eigenvalue weighted by molar-refractivity contribution is 1.02. The van der Waals surface area contributed by atoms with Crippen molar-refractivity contribution in [3.63, 3.8) is 0 Å². The fourth-order valence-corrected chi connectivity index (χ4v) is 10.8. The summed E-state index contributed by atoms with van der Waals surface area (Å²) in [4.78, 5) is 12.2. The minimum Gasteiger partial charge on any atom is -0.276 e. The summed E-state index contributed by atoms with van der Waals surface area (Å²) < 4.78 is 6.15. The van der Waals surface area contributed by atoms with Gasteiger partial charge in [-0.3, -0.25) is 4.57 Å². The van der Waals surface area contributed by atoms with E-state index in [2.05, 4.69) is 156 Å². The Kier molecular flexibility index (Phi) is 5.53. The summed E-state index contributed by atoms with van der Waals surface area (Å²) in [6.07, 6.45) is 0. The SMILES string of the molecule is c1ccc2c(-c3nc(-n4c5c6ccccc6ccc5c5c6ccccc6c6c7ccccc7sc6c54)nc4sc5ccccc5c34)cccc2c1. The number of benzene rings is 8. The lowest BCUT2D eigenvalue weighted by atomic mass is 9.98. The number of nitrogens with zero attached hydrogens (tertiary/aromatic N) is 3. The molecule has 0 saturated carbocycles. The zero-order chi connectivity index (χ0) is 33.2. The van der Waals surface area contributed by atoms with Crippen LogP contribution in [0.15, 0.2) is 152 Å². The van der Waals surface area contributed by atoms with Gasteiger partial charge in [0.1, 0.15) is 4.83 Å². The normalized spacial score (nSPS) is 12.3. The third kappa shape index (κ3) is 3.71. The average Bonchev–Trinajstić information content (AvgIpc) is 3.87. The molecule has 3 nitrogen and oxygen atoms in total. The first-order chi connectivity index (χ1) is 25.3. The van der Waals surface area contributed by atoms with Crippen LogP contribution >= 0.6 is 22.7 Å². The van der Waals surface area contributed by atoms with Crippen LogP contribution in [0.4, 0.5) is 0 Å². The molecule has 0 aliphatic rings. The lowest BCUT2D eigenvalue weighted by Crippen LogP contribution is -2.03. The van der Waals surface area contributed by atoms with Gasteiger partial charge in [-0.25, -0.2) is 9.97 Å². The molecular weight excluding hydrogens is 659 g/mol. The van der Waals surface area contributed by atoms with Gasteiger partial charge in [-0.1, -0.05) is 140 Å². The maximum Gasteiger partial charge on any atom is 0.236 e. The summed E-state index contributed by atoms with van der Waals surface area (Å²) in [6.45, 7) is 0. The third-order valence-electron chi connectivity index (χ3n) is 10.6. The van der Waals surface area contributed by atoms with Crippen LogP contribution in [-0.2, 0) is 0 Å². The van der Waals surface area contributed by atoms with Crippen molar-refractivity contribution in [3.8, 4) is 17.2 Å². The molecule has 0 N–H and O–H groups in total. The van der Waals surface area contributed by atoms with E-state index in [9.17, 15) is 0 Å². The molecule has 0 spiro atoms. The molecule has 0 amide bonds. The average molecular weight is 684 g/mol. The molecule has 0 unspecified atom stereocenters. The van der Waals surface area contributed by atoms with Crippen molar-refractivity contribution in [1.82, 2.24) is 14.5 Å². The number of fused-ring (bicyclic) bond motifs is 16. The lowest BCUT2D eigenvalue weighted by Gasteiger charge is -2.13. The Balaban J connectivity index is 1.35. The maximum atomic E-state index is 5.70. The van der Waals surface area contributed by atoms with E-state index in [0.717, 1.165) is 27.0 Å². The second-order valence-electron chi connectivity index (χ2n) is 13.3. The van der Waals surface area contributed by atoms with Crippen molar-refractivity contribution in [2.45, 2.75) is 0 Å². The van der Waals surface area contributed by atoms with Gasteiger partial charge >= 0.3 is 0 Å².